The average Bonchev–Trinajstić information content (AvgIpc) is 2.80. The fourth-order valence-corrected chi connectivity index (χ4v) is 3.62. The Hall–Kier alpha value is -1.15. The molecule has 0 aromatic heterocycles. The van der Waals surface area contributed by atoms with Crippen molar-refractivity contribution >= 4 is 63.7 Å². The van der Waals surface area contributed by atoms with E-state index in [0.717, 1.165) is 3.57 Å². The van der Waals surface area contributed by atoms with Crippen molar-refractivity contribution in [2.45, 2.75) is 11.5 Å². The number of rotatable bonds is 3. The largest absolute Gasteiger partial charge is 0.374 e. The third kappa shape index (κ3) is 2.55. The minimum atomic E-state index is -2.11. The molecule has 0 radical (unpaired) electrons. The van der Waals surface area contributed by atoms with Crippen molar-refractivity contribution < 1.29 is 14.7 Å². The maximum atomic E-state index is 12.5. The molecule has 1 heterocycles. The molecule has 1 amide bonds. The number of aldehydes is 1. The molecule has 0 fully saturated rings. The Kier molecular flexibility index (Phi) is 4.39. The Morgan fingerprint density at radius 3 is 2.35 bits per heavy atom. The molecule has 118 valence electrons. The van der Waals surface area contributed by atoms with Gasteiger partial charge in [0, 0.05) is 14.2 Å². The van der Waals surface area contributed by atoms with Crippen molar-refractivity contribution in [3.63, 3.8) is 0 Å². The second-order valence-electron chi connectivity index (χ2n) is 5.17. The lowest BCUT2D eigenvalue weighted by Gasteiger charge is -2.28. The molecule has 23 heavy (non-hydrogen) atoms. The van der Waals surface area contributed by atoms with Crippen molar-refractivity contribution in [3.8, 4) is 0 Å². The first-order chi connectivity index (χ1) is 10.9. The highest BCUT2D eigenvalue weighted by Gasteiger charge is 2.53. The second kappa shape index (κ2) is 6.05. The van der Waals surface area contributed by atoms with Crippen LogP contribution >= 0.6 is 45.8 Å². The number of aliphatic hydroxyl groups is 1. The number of hydrogen-bond acceptors (Lipinski definition) is 3. The minimum absolute atomic E-state index is 0.132. The summed E-state index contributed by atoms with van der Waals surface area (Å²) in [5.74, 6) is -1.82. The molecule has 2 aromatic rings. The number of carbonyl (C=O) groups excluding carboxylic acids is 2. The Balaban J connectivity index is 2.22. The monoisotopic (exact) mass is 461 g/mol. The highest BCUT2D eigenvalue weighted by Crippen LogP contribution is 2.50. The zero-order valence-corrected chi connectivity index (χ0v) is 15.2. The summed E-state index contributed by atoms with van der Waals surface area (Å²) in [6.45, 7) is 0. The number of nitrogens with one attached hydrogen (secondary N) is 1. The van der Waals surface area contributed by atoms with Gasteiger partial charge in [-0.2, -0.15) is 0 Å². The first-order valence-electron chi connectivity index (χ1n) is 6.62. The van der Waals surface area contributed by atoms with Crippen LogP contribution in [0.1, 0.15) is 17.0 Å². The van der Waals surface area contributed by atoms with Gasteiger partial charge >= 0.3 is 0 Å². The van der Waals surface area contributed by atoms with E-state index in [1.165, 1.54) is 12.1 Å². The summed E-state index contributed by atoms with van der Waals surface area (Å²) < 4.78 is 0.973. The third-order valence-corrected chi connectivity index (χ3v) is 5.23. The van der Waals surface area contributed by atoms with Gasteiger partial charge in [0.1, 0.15) is 6.29 Å². The number of halogens is 3. The van der Waals surface area contributed by atoms with Crippen molar-refractivity contribution in [1.29, 1.82) is 0 Å². The molecule has 2 atom stereocenters. The van der Waals surface area contributed by atoms with Crippen molar-refractivity contribution in [1.82, 2.24) is 0 Å². The number of hydrogen-bond donors (Lipinski definition) is 2. The summed E-state index contributed by atoms with van der Waals surface area (Å²) >= 11 is 14.4. The molecule has 1 aliphatic heterocycles. The lowest BCUT2D eigenvalue weighted by Crippen LogP contribution is -2.41. The van der Waals surface area contributed by atoms with E-state index in [-0.39, 0.29) is 21.3 Å². The fourth-order valence-electron chi connectivity index (χ4n) is 2.75. The van der Waals surface area contributed by atoms with E-state index in [1.807, 2.05) is 0 Å². The highest BCUT2D eigenvalue weighted by atomic mass is 127. The van der Waals surface area contributed by atoms with Gasteiger partial charge in [-0.15, -0.1) is 0 Å². The Morgan fingerprint density at radius 1 is 1.13 bits per heavy atom. The van der Waals surface area contributed by atoms with Crippen LogP contribution in [0.15, 0.2) is 36.4 Å². The number of amides is 1. The Labute approximate surface area is 155 Å². The topological polar surface area (TPSA) is 66.4 Å². The summed E-state index contributed by atoms with van der Waals surface area (Å²) in [4.78, 5) is 24.2. The number of anilines is 1. The molecule has 0 bridgehead atoms. The zero-order chi connectivity index (χ0) is 16.8. The van der Waals surface area contributed by atoms with Gasteiger partial charge in [-0.3, -0.25) is 4.79 Å². The quantitative estimate of drug-likeness (QED) is 0.540. The van der Waals surface area contributed by atoms with Gasteiger partial charge in [-0.1, -0.05) is 35.3 Å². The second-order valence-corrected chi connectivity index (χ2v) is 7.23. The molecule has 1 aliphatic rings. The van der Waals surface area contributed by atoms with E-state index < -0.39 is 17.4 Å². The van der Waals surface area contributed by atoms with Gasteiger partial charge in [0.25, 0.3) is 5.91 Å². The van der Waals surface area contributed by atoms with Gasteiger partial charge in [-0.25, -0.2) is 0 Å². The van der Waals surface area contributed by atoms with E-state index in [9.17, 15) is 14.7 Å². The van der Waals surface area contributed by atoms with Crippen LogP contribution in [0.2, 0.25) is 10.0 Å². The average molecular weight is 462 g/mol. The maximum Gasteiger partial charge on any atom is 0.262 e. The van der Waals surface area contributed by atoms with Gasteiger partial charge in [0.15, 0.2) is 5.60 Å². The van der Waals surface area contributed by atoms with Crippen LogP contribution in [0.5, 0.6) is 0 Å². The van der Waals surface area contributed by atoms with Crippen LogP contribution in [-0.2, 0) is 15.2 Å². The first kappa shape index (κ1) is 16.7. The number of carbonyl (C=O) groups is 2. The van der Waals surface area contributed by atoms with E-state index in [1.54, 1.807) is 24.3 Å². The van der Waals surface area contributed by atoms with E-state index in [2.05, 4.69) is 27.9 Å². The molecule has 2 aromatic carbocycles. The zero-order valence-electron chi connectivity index (χ0n) is 11.5. The molecule has 0 saturated heterocycles. The molecule has 2 unspecified atom stereocenters. The van der Waals surface area contributed by atoms with Gasteiger partial charge in [0.2, 0.25) is 0 Å². The predicted molar refractivity (Wildman–Crippen MR) is 97.0 cm³/mol. The van der Waals surface area contributed by atoms with Crippen molar-refractivity contribution in [2.75, 3.05) is 5.32 Å². The summed E-state index contributed by atoms with van der Waals surface area (Å²) in [5.41, 5.74) is -1.22. The third-order valence-electron chi connectivity index (χ3n) is 3.88. The molecule has 4 nitrogen and oxygen atoms in total. The SMILES string of the molecule is O=CC(c1ccc(I)cc1)C1(O)C(=O)Nc2c(Cl)ccc(Cl)c21. The Bertz CT molecular complexity index is 810. The fraction of sp³-hybridized carbons (Fsp3) is 0.125. The van der Waals surface area contributed by atoms with E-state index in [4.69, 9.17) is 23.2 Å². The molecular weight excluding hydrogens is 452 g/mol. The molecule has 0 spiro atoms. The van der Waals surface area contributed by atoms with Gasteiger partial charge < -0.3 is 15.2 Å². The van der Waals surface area contributed by atoms with Crippen molar-refractivity contribution in [3.05, 3.63) is 61.1 Å². The van der Waals surface area contributed by atoms with Crippen molar-refractivity contribution in [2.24, 2.45) is 0 Å². The van der Waals surface area contributed by atoms with Gasteiger partial charge in [0.05, 0.1) is 16.6 Å². The minimum Gasteiger partial charge on any atom is -0.374 e. The summed E-state index contributed by atoms with van der Waals surface area (Å²) in [7, 11) is 0. The lowest BCUT2D eigenvalue weighted by molar-refractivity contribution is -0.139. The smallest absolute Gasteiger partial charge is 0.262 e. The van der Waals surface area contributed by atoms with Crippen LogP contribution in [-0.4, -0.2) is 17.3 Å². The van der Waals surface area contributed by atoms with Crippen LogP contribution in [0.25, 0.3) is 0 Å². The number of fused-ring (bicyclic) bond motifs is 1. The summed E-state index contributed by atoms with van der Waals surface area (Å²) in [6.07, 6.45) is 0.550. The Morgan fingerprint density at radius 2 is 1.74 bits per heavy atom. The van der Waals surface area contributed by atoms with Gasteiger partial charge in [-0.05, 0) is 52.4 Å². The van der Waals surface area contributed by atoms with Crippen LogP contribution < -0.4 is 5.32 Å². The molecule has 0 aliphatic carbocycles. The molecule has 7 heteroatoms. The van der Waals surface area contributed by atoms with Crippen LogP contribution in [0, 0.1) is 3.57 Å². The highest BCUT2D eigenvalue weighted by molar-refractivity contribution is 14.1. The van der Waals surface area contributed by atoms with E-state index >= 15 is 0 Å². The normalized spacial score (nSPS) is 20.8. The van der Waals surface area contributed by atoms with Crippen LogP contribution in [0.4, 0.5) is 5.69 Å². The van der Waals surface area contributed by atoms with E-state index in [0.29, 0.717) is 11.8 Å². The molecule has 0 saturated carbocycles. The maximum absolute atomic E-state index is 12.5. The molecule has 3 rings (SSSR count). The molecule has 2 N–H and O–H groups in total. The standard InChI is InChI=1S/C16H10Cl2INO3/c17-11-5-6-12(18)14-13(11)16(23,15(22)20-14)10(7-21)8-1-3-9(19)4-2-8/h1-7,10,23H,(H,20,22). The first-order valence-corrected chi connectivity index (χ1v) is 8.46. The predicted octanol–water partition coefficient (Wildman–Crippen LogP) is 3.72. The summed E-state index contributed by atoms with van der Waals surface area (Å²) in [5, 5.41) is 14.1. The molecular formula is C16H10Cl2INO3. The van der Waals surface area contributed by atoms with Crippen LogP contribution in [0.3, 0.4) is 0 Å². The lowest BCUT2D eigenvalue weighted by atomic mass is 9.79. The number of benzene rings is 2. The summed E-state index contributed by atoms with van der Waals surface area (Å²) in [6, 6.07) is 10.00.